The molecule has 0 aromatic heterocycles. The number of hydrogen-bond donors (Lipinski definition) is 1. The third kappa shape index (κ3) is 4.10. The van der Waals surface area contributed by atoms with Crippen LogP contribution in [0.3, 0.4) is 0 Å². The molecule has 2 aromatic carbocycles. The molecule has 0 atom stereocenters. The van der Waals surface area contributed by atoms with Crippen molar-refractivity contribution in [2.75, 3.05) is 23.4 Å². The molecule has 2 aromatic rings. The quantitative estimate of drug-likeness (QED) is 0.512. The highest BCUT2D eigenvalue weighted by molar-refractivity contribution is 5.81. The van der Waals surface area contributed by atoms with Gasteiger partial charge < -0.3 is 4.90 Å². The minimum atomic E-state index is -0.420. The number of nitrogens with one attached hydrogen (secondary N) is 1. The van der Waals surface area contributed by atoms with Crippen LogP contribution in [0.15, 0.2) is 53.6 Å². The first-order valence-electron chi connectivity index (χ1n) is 8.11. The molecule has 1 heterocycles. The second-order valence-corrected chi connectivity index (χ2v) is 5.81. The Kier molecular flexibility index (Phi) is 5.05. The van der Waals surface area contributed by atoms with E-state index < -0.39 is 4.92 Å². The lowest BCUT2D eigenvalue weighted by molar-refractivity contribution is -0.384. The maximum atomic E-state index is 10.6. The van der Waals surface area contributed by atoms with Gasteiger partial charge in [0.1, 0.15) is 0 Å². The first kappa shape index (κ1) is 16.0. The monoisotopic (exact) mass is 324 g/mol. The zero-order chi connectivity index (χ0) is 16.8. The Morgan fingerprint density at radius 1 is 1.00 bits per heavy atom. The van der Waals surface area contributed by atoms with Gasteiger partial charge in [-0.2, -0.15) is 5.10 Å². The van der Waals surface area contributed by atoms with E-state index in [-0.39, 0.29) is 5.69 Å². The fourth-order valence-corrected chi connectivity index (χ4v) is 2.76. The Bertz CT molecular complexity index is 705. The molecule has 124 valence electrons. The molecule has 6 heteroatoms. The van der Waals surface area contributed by atoms with Crippen molar-refractivity contribution in [3.05, 3.63) is 64.2 Å². The molecule has 1 saturated heterocycles. The Morgan fingerprint density at radius 2 is 1.67 bits per heavy atom. The number of nitrogens with zero attached hydrogens (tertiary/aromatic N) is 3. The predicted octanol–water partition coefficient (Wildman–Crippen LogP) is 4.03. The molecule has 1 fully saturated rings. The average molecular weight is 324 g/mol. The molecule has 6 nitrogen and oxygen atoms in total. The fourth-order valence-electron chi connectivity index (χ4n) is 2.76. The van der Waals surface area contributed by atoms with Crippen LogP contribution < -0.4 is 10.3 Å². The van der Waals surface area contributed by atoms with Crippen molar-refractivity contribution in [3.63, 3.8) is 0 Å². The third-order valence-corrected chi connectivity index (χ3v) is 4.10. The lowest BCUT2D eigenvalue weighted by Crippen LogP contribution is -2.29. The van der Waals surface area contributed by atoms with E-state index in [9.17, 15) is 10.1 Å². The van der Waals surface area contributed by atoms with E-state index in [1.54, 1.807) is 18.3 Å². The van der Waals surface area contributed by atoms with Gasteiger partial charge in [-0.1, -0.05) is 12.1 Å². The van der Waals surface area contributed by atoms with Gasteiger partial charge in [0.05, 0.1) is 16.8 Å². The van der Waals surface area contributed by atoms with Crippen molar-refractivity contribution in [2.45, 2.75) is 19.3 Å². The summed E-state index contributed by atoms with van der Waals surface area (Å²) < 4.78 is 0. The smallest absolute Gasteiger partial charge is 0.269 e. The Labute approximate surface area is 141 Å². The van der Waals surface area contributed by atoms with Gasteiger partial charge >= 0.3 is 0 Å². The maximum Gasteiger partial charge on any atom is 0.269 e. The van der Waals surface area contributed by atoms with Crippen LogP contribution >= 0.6 is 0 Å². The second kappa shape index (κ2) is 7.59. The van der Waals surface area contributed by atoms with Gasteiger partial charge in [-0.05, 0) is 49.1 Å². The summed E-state index contributed by atoms with van der Waals surface area (Å²) in [4.78, 5) is 12.6. The minimum Gasteiger partial charge on any atom is -0.372 e. The Morgan fingerprint density at radius 3 is 2.29 bits per heavy atom. The van der Waals surface area contributed by atoms with Gasteiger partial charge in [0.15, 0.2) is 0 Å². The van der Waals surface area contributed by atoms with Crippen LogP contribution in [0.5, 0.6) is 0 Å². The summed E-state index contributed by atoms with van der Waals surface area (Å²) in [5.41, 5.74) is 5.92. The van der Waals surface area contributed by atoms with Gasteiger partial charge in [-0.25, -0.2) is 0 Å². The topological polar surface area (TPSA) is 70.8 Å². The van der Waals surface area contributed by atoms with Crippen LogP contribution in [0.1, 0.15) is 24.8 Å². The van der Waals surface area contributed by atoms with E-state index in [4.69, 9.17) is 0 Å². The van der Waals surface area contributed by atoms with E-state index in [2.05, 4.69) is 27.6 Å². The fraction of sp³-hybridized carbons (Fsp3) is 0.278. The van der Waals surface area contributed by atoms with Gasteiger partial charge in [0.25, 0.3) is 5.69 Å². The first-order valence-corrected chi connectivity index (χ1v) is 8.11. The Hall–Kier alpha value is -2.89. The van der Waals surface area contributed by atoms with Crippen LogP contribution in [0.25, 0.3) is 0 Å². The standard InChI is InChI=1S/C18H20N4O2/c23-22(24)18-10-6-16(7-11-18)20-19-14-15-4-8-17(9-5-15)21-12-2-1-3-13-21/h4-11,14,20H,1-3,12-13H2. The average Bonchev–Trinajstić information content (AvgIpc) is 2.63. The molecule has 0 radical (unpaired) electrons. The number of anilines is 2. The number of nitro benzene ring substituents is 1. The molecule has 1 N–H and O–H groups in total. The van der Waals surface area contributed by atoms with E-state index >= 15 is 0 Å². The van der Waals surface area contributed by atoms with Gasteiger partial charge in [-0.3, -0.25) is 15.5 Å². The zero-order valence-electron chi connectivity index (χ0n) is 13.4. The minimum absolute atomic E-state index is 0.0674. The van der Waals surface area contributed by atoms with E-state index in [0.29, 0.717) is 5.69 Å². The molecule has 24 heavy (non-hydrogen) atoms. The predicted molar refractivity (Wildman–Crippen MR) is 96.8 cm³/mol. The highest BCUT2D eigenvalue weighted by atomic mass is 16.6. The summed E-state index contributed by atoms with van der Waals surface area (Å²) in [6.07, 6.45) is 5.60. The largest absolute Gasteiger partial charge is 0.372 e. The van der Waals surface area contributed by atoms with Crippen molar-refractivity contribution < 1.29 is 4.92 Å². The van der Waals surface area contributed by atoms with Crippen LogP contribution in [-0.2, 0) is 0 Å². The van der Waals surface area contributed by atoms with Crippen molar-refractivity contribution in [1.82, 2.24) is 0 Å². The normalized spacial score (nSPS) is 14.8. The summed E-state index contributed by atoms with van der Waals surface area (Å²) >= 11 is 0. The molecule has 0 amide bonds. The van der Waals surface area contributed by atoms with Crippen LogP contribution in [0, 0.1) is 10.1 Å². The number of hydrazone groups is 1. The number of non-ortho nitro benzene ring substituents is 1. The molecular weight excluding hydrogens is 304 g/mol. The molecular formula is C18H20N4O2. The van der Waals surface area contributed by atoms with Crippen LogP contribution in [0.4, 0.5) is 17.1 Å². The molecule has 0 aliphatic carbocycles. The van der Waals surface area contributed by atoms with Crippen LogP contribution in [-0.4, -0.2) is 24.2 Å². The number of rotatable bonds is 5. The molecule has 0 bridgehead atoms. The molecule has 0 saturated carbocycles. The van der Waals surface area contributed by atoms with Crippen molar-refractivity contribution >= 4 is 23.3 Å². The second-order valence-electron chi connectivity index (χ2n) is 5.81. The maximum absolute atomic E-state index is 10.6. The summed E-state index contributed by atoms with van der Waals surface area (Å²) in [5.74, 6) is 0. The Balaban J connectivity index is 1.57. The summed E-state index contributed by atoms with van der Waals surface area (Å²) in [7, 11) is 0. The number of nitro groups is 1. The van der Waals surface area contributed by atoms with Crippen LogP contribution in [0.2, 0.25) is 0 Å². The lowest BCUT2D eigenvalue weighted by Gasteiger charge is -2.28. The molecule has 0 spiro atoms. The van der Waals surface area contributed by atoms with E-state index in [1.807, 2.05) is 12.1 Å². The molecule has 0 unspecified atom stereocenters. The molecule has 3 rings (SSSR count). The van der Waals surface area contributed by atoms with E-state index in [0.717, 1.165) is 18.7 Å². The van der Waals surface area contributed by atoms with Gasteiger partial charge in [0, 0.05) is 30.9 Å². The van der Waals surface area contributed by atoms with Crippen molar-refractivity contribution in [2.24, 2.45) is 5.10 Å². The summed E-state index contributed by atoms with van der Waals surface area (Å²) in [6, 6.07) is 14.5. The third-order valence-electron chi connectivity index (χ3n) is 4.10. The first-order chi connectivity index (χ1) is 11.7. The van der Waals surface area contributed by atoms with E-state index in [1.165, 1.54) is 37.1 Å². The number of benzene rings is 2. The highest BCUT2D eigenvalue weighted by Crippen LogP contribution is 2.20. The molecule has 1 aliphatic rings. The van der Waals surface area contributed by atoms with Gasteiger partial charge in [-0.15, -0.1) is 0 Å². The SMILES string of the molecule is O=[N+]([O-])c1ccc(NN=Cc2ccc(N3CCCCC3)cc2)cc1. The van der Waals surface area contributed by atoms with Gasteiger partial charge in [0.2, 0.25) is 0 Å². The zero-order valence-corrected chi connectivity index (χ0v) is 13.4. The lowest BCUT2D eigenvalue weighted by atomic mass is 10.1. The number of piperidine rings is 1. The number of hydrogen-bond acceptors (Lipinski definition) is 5. The summed E-state index contributed by atoms with van der Waals surface area (Å²) in [5, 5.41) is 14.8. The highest BCUT2D eigenvalue weighted by Gasteiger charge is 2.10. The van der Waals surface area contributed by atoms with Crippen molar-refractivity contribution in [3.8, 4) is 0 Å². The summed E-state index contributed by atoms with van der Waals surface area (Å²) in [6.45, 7) is 2.27. The van der Waals surface area contributed by atoms with Crippen molar-refractivity contribution in [1.29, 1.82) is 0 Å². The molecule has 1 aliphatic heterocycles.